The Morgan fingerprint density at radius 3 is 2.24 bits per heavy atom. The van der Waals surface area contributed by atoms with Crippen LogP contribution in [0.5, 0.6) is 0 Å². The van der Waals surface area contributed by atoms with Crippen LogP contribution < -0.4 is 0 Å². The van der Waals surface area contributed by atoms with Gasteiger partial charge in [0.2, 0.25) is 0 Å². The van der Waals surface area contributed by atoms with Crippen LogP contribution in [-0.2, 0) is 12.0 Å². The highest BCUT2D eigenvalue weighted by molar-refractivity contribution is 7.99. The Kier molecular flexibility index (Phi) is 6.49. The Morgan fingerprint density at radius 1 is 0.762 bits per heavy atom. The minimum absolute atomic E-state index is 0.272. The van der Waals surface area contributed by atoms with E-state index in [2.05, 4.69) is 105 Å². The standard InChI is InChI=1S/C37H28N4S/c1-37(2)31-20-10-18-29(23-38)34(31)42-32-21-11-19-30(33(32)37)27-16-9-17-28(22-27)35-39-36(26-14-7-4-8-15-26)41(40-35)24-25-12-5-3-6-13-25/h3-22H,24H2,1-2H3. The molecule has 2 heterocycles. The number of hydrogen-bond donors (Lipinski definition) is 0. The summed E-state index contributed by atoms with van der Waals surface area (Å²) in [5, 5.41) is 14.8. The van der Waals surface area contributed by atoms with Crippen molar-refractivity contribution in [3.05, 3.63) is 144 Å². The van der Waals surface area contributed by atoms with Crippen LogP contribution in [0.4, 0.5) is 0 Å². The smallest absolute Gasteiger partial charge is 0.181 e. The maximum absolute atomic E-state index is 9.78. The van der Waals surface area contributed by atoms with E-state index in [1.54, 1.807) is 11.8 Å². The maximum Gasteiger partial charge on any atom is 0.181 e. The Hall–Kier alpha value is -4.92. The van der Waals surface area contributed by atoms with E-state index in [1.807, 2.05) is 41.1 Å². The molecular formula is C37H28N4S. The summed E-state index contributed by atoms with van der Waals surface area (Å²) in [6.45, 7) is 5.16. The van der Waals surface area contributed by atoms with Crippen molar-refractivity contribution in [1.82, 2.24) is 14.8 Å². The fraction of sp³-hybridized carbons (Fsp3) is 0.108. The molecule has 0 atom stereocenters. The Morgan fingerprint density at radius 2 is 1.45 bits per heavy atom. The molecule has 5 aromatic carbocycles. The van der Waals surface area contributed by atoms with E-state index in [0.717, 1.165) is 33.0 Å². The van der Waals surface area contributed by atoms with Crippen LogP contribution in [-0.4, -0.2) is 14.8 Å². The van der Waals surface area contributed by atoms with E-state index in [1.165, 1.54) is 27.1 Å². The summed E-state index contributed by atoms with van der Waals surface area (Å²) < 4.78 is 2.00. The molecule has 7 rings (SSSR count). The highest BCUT2D eigenvalue weighted by atomic mass is 32.2. The molecule has 42 heavy (non-hydrogen) atoms. The number of nitrogens with zero attached hydrogens (tertiary/aromatic N) is 4. The number of benzene rings is 5. The fourth-order valence-corrected chi connectivity index (χ4v) is 7.42. The first kappa shape index (κ1) is 26.0. The molecule has 6 aromatic rings. The van der Waals surface area contributed by atoms with Gasteiger partial charge in [0.25, 0.3) is 0 Å². The minimum atomic E-state index is -0.272. The summed E-state index contributed by atoms with van der Waals surface area (Å²) in [5.74, 6) is 1.55. The van der Waals surface area contributed by atoms with Crippen molar-refractivity contribution in [3.63, 3.8) is 0 Å². The molecule has 5 heteroatoms. The summed E-state index contributed by atoms with van der Waals surface area (Å²) in [6, 6.07) is 44.1. The normalized spacial score (nSPS) is 13.2. The molecule has 202 valence electrons. The highest BCUT2D eigenvalue weighted by Gasteiger charge is 2.36. The van der Waals surface area contributed by atoms with Crippen LogP contribution in [0.1, 0.15) is 36.1 Å². The zero-order valence-corrected chi connectivity index (χ0v) is 24.3. The second kappa shape index (κ2) is 10.5. The van der Waals surface area contributed by atoms with Gasteiger partial charge in [-0.15, -0.1) is 0 Å². The monoisotopic (exact) mass is 560 g/mol. The van der Waals surface area contributed by atoms with Gasteiger partial charge in [-0.3, -0.25) is 0 Å². The van der Waals surface area contributed by atoms with Gasteiger partial charge in [-0.2, -0.15) is 10.4 Å². The van der Waals surface area contributed by atoms with E-state index in [0.29, 0.717) is 12.4 Å². The molecule has 4 nitrogen and oxygen atoms in total. The predicted octanol–water partition coefficient (Wildman–Crippen LogP) is 8.99. The first-order chi connectivity index (χ1) is 20.5. The average Bonchev–Trinajstić information content (AvgIpc) is 3.45. The van der Waals surface area contributed by atoms with Gasteiger partial charge in [0, 0.05) is 26.3 Å². The Bertz CT molecular complexity index is 1970. The van der Waals surface area contributed by atoms with Crippen LogP contribution in [0.25, 0.3) is 33.9 Å². The molecular weight excluding hydrogens is 533 g/mol. The highest BCUT2D eigenvalue weighted by Crippen LogP contribution is 2.53. The third-order valence-electron chi connectivity index (χ3n) is 7.98. The molecule has 0 spiro atoms. The van der Waals surface area contributed by atoms with Gasteiger partial charge < -0.3 is 0 Å². The molecule has 1 aliphatic heterocycles. The molecule has 1 aliphatic rings. The van der Waals surface area contributed by atoms with E-state index in [9.17, 15) is 5.26 Å². The molecule has 0 bridgehead atoms. The molecule has 0 saturated carbocycles. The third kappa shape index (κ3) is 4.51. The van der Waals surface area contributed by atoms with Gasteiger partial charge in [0.05, 0.1) is 12.1 Å². The van der Waals surface area contributed by atoms with Crippen molar-refractivity contribution in [1.29, 1.82) is 5.26 Å². The molecule has 0 saturated heterocycles. The molecule has 0 N–H and O–H groups in total. The van der Waals surface area contributed by atoms with Crippen LogP contribution >= 0.6 is 11.8 Å². The van der Waals surface area contributed by atoms with Gasteiger partial charge in [-0.1, -0.05) is 129 Å². The first-order valence-corrected chi connectivity index (χ1v) is 14.8. The van der Waals surface area contributed by atoms with Gasteiger partial charge in [-0.05, 0) is 46.0 Å². The molecule has 0 amide bonds. The topological polar surface area (TPSA) is 54.5 Å². The van der Waals surface area contributed by atoms with Crippen LogP contribution in [0, 0.1) is 11.3 Å². The lowest BCUT2D eigenvalue weighted by molar-refractivity contribution is 0.608. The Balaban J connectivity index is 1.33. The largest absolute Gasteiger partial charge is 0.241 e. The van der Waals surface area contributed by atoms with Gasteiger partial charge in [-0.25, -0.2) is 9.67 Å². The summed E-state index contributed by atoms with van der Waals surface area (Å²) >= 11 is 1.70. The third-order valence-corrected chi connectivity index (χ3v) is 9.19. The Labute approximate surface area is 250 Å². The second-order valence-corrected chi connectivity index (χ2v) is 12.1. The van der Waals surface area contributed by atoms with Crippen molar-refractivity contribution in [2.75, 3.05) is 0 Å². The SMILES string of the molecule is CC1(C)c2cccc(C#N)c2Sc2cccc(-c3cccc(-c4nc(-c5ccccc5)n(Cc5ccccc5)n4)c3)c21. The maximum atomic E-state index is 9.78. The summed E-state index contributed by atoms with van der Waals surface area (Å²) in [7, 11) is 0. The van der Waals surface area contributed by atoms with Crippen LogP contribution in [0.15, 0.2) is 131 Å². The summed E-state index contributed by atoms with van der Waals surface area (Å²) in [6.07, 6.45) is 0. The summed E-state index contributed by atoms with van der Waals surface area (Å²) in [5.41, 5.74) is 8.43. The second-order valence-electron chi connectivity index (χ2n) is 11.0. The van der Waals surface area contributed by atoms with Gasteiger partial charge >= 0.3 is 0 Å². The molecule has 0 radical (unpaired) electrons. The number of hydrogen-bond acceptors (Lipinski definition) is 4. The fourth-order valence-electron chi connectivity index (χ4n) is 5.93. The van der Waals surface area contributed by atoms with E-state index >= 15 is 0 Å². The van der Waals surface area contributed by atoms with E-state index in [4.69, 9.17) is 10.1 Å². The predicted molar refractivity (Wildman–Crippen MR) is 169 cm³/mol. The van der Waals surface area contributed by atoms with Crippen molar-refractivity contribution in [3.8, 4) is 40.0 Å². The van der Waals surface area contributed by atoms with Crippen molar-refractivity contribution >= 4 is 11.8 Å². The number of aromatic nitrogens is 3. The lowest BCUT2D eigenvalue weighted by Crippen LogP contribution is -2.25. The van der Waals surface area contributed by atoms with Gasteiger partial charge in [0.15, 0.2) is 11.6 Å². The number of fused-ring (bicyclic) bond motifs is 2. The zero-order chi connectivity index (χ0) is 28.7. The summed E-state index contributed by atoms with van der Waals surface area (Å²) in [4.78, 5) is 7.31. The number of rotatable bonds is 5. The first-order valence-electron chi connectivity index (χ1n) is 14.0. The average molecular weight is 561 g/mol. The van der Waals surface area contributed by atoms with Crippen molar-refractivity contribution < 1.29 is 0 Å². The van der Waals surface area contributed by atoms with Crippen LogP contribution in [0.2, 0.25) is 0 Å². The van der Waals surface area contributed by atoms with Gasteiger partial charge in [0.1, 0.15) is 6.07 Å². The van der Waals surface area contributed by atoms with E-state index in [-0.39, 0.29) is 5.41 Å². The zero-order valence-electron chi connectivity index (χ0n) is 23.5. The molecule has 1 aromatic heterocycles. The number of nitriles is 1. The van der Waals surface area contributed by atoms with E-state index < -0.39 is 0 Å². The van der Waals surface area contributed by atoms with Crippen molar-refractivity contribution in [2.45, 2.75) is 35.6 Å². The van der Waals surface area contributed by atoms with Crippen molar-refractivity contribution in [2.24, 2.45) is 0 Å². The quantitative estimate of drug-likeness (QED) is 0.211. The lowest BCUT2D eigenvalue weighted by Gasteiger charge is -2.36. The van der Waals surface area contributed by atoms with Crippen LogP contribution in [0.3, 0.4) is 0 Å². The molecule has 0 unspecified atom stereocenters. The molecule has 0 fully saturated rings. The minimum Gasteiger partial charge on any atom is -0.241 e. The molecule has 0 aliphatic carbocycles. The lowest BCUT2D eigenvalue weighted by atomic mass is 9.74.